The fraction of sp³-hybridized carbons (Fsp3) is 0.273. The monoisotopic (exact) mass is 599 g/mol. The maximum atomic E-state index is 13.5. The number of hydrogen-bond donors (Lipinski definition) is 2. The van der Waals surface area contributed by atoms with Gasteiger partial charge in [-0.2, -0.15) is 11.8 Å². The van der Waals surface area contributed by atoms with Gasteiger partial charge in [-0.15, -0.1) is 5.10 Å². The van der Waals surface area contributed by atoms with Gasteiger partial charge >= 0.3 is 0 Å². The highest BCUT2D eigenvalue weighted by molar-refractivity contribution is 9.10. The van der Waals surface area contributed by atoms with Gasteiger partial charge in [0.1, 0.15) is 11.8 Å². The Morgan fingerprint density at radius 3 is 2.74 bits per heavy atom. The molecule has 0 spiro atoms. The number of methoxy groups -OCH3 is 1. The standard InChI is InChI=1S/C22H20BrCl2N5O4S/c1-33-6-5-27-21(31)14-7-12(24)8-15(23)19(14)28-22(32)17-9-18(34-13-10-35-11-13)29-30(17)20-16(25)3-2-4-26-20/h2-4,7-9,13H,5-6,10-11H2,1H3,(H,27,31)(H,28,32). The van der Waals surface area contributed by atoms with Crippen LogP contribution in [0.3, 0.4) is 0 Å². The van der Waals surface area contributed by atoms with Gasteiger partial charge in [0.05, 0.1) is 22.9 Å². The maximum Gasteiger partial charge on any atom is 0.274 e. The molecular weight excluding hydrogens is 581 g/mol. The fourth-order valence-electron chi connectivity index (χ4n) is 3.15. The second-order valence-electron chi connectivity index (χ2n) is 7.38. The van der Waals surface area contributed by atoms with Crippen molar-refractivity contribution in [2.45, 2.75) is 6.10 Å². The van der Waals surface area contributed by atoms with Gasteiger partial charge in [-0.1, -0.05) is 23.2 Å². The Kier molecular flexibility index (Phi) is 8.55. The topological polar surface area (TPSA) is 107 Å². The van der Waals surface area contributed by atoms with Crippen molar-refractivity contribution in [1.29, 1.82) is 0 Å². The molecule has 0 unspecified atom stereocenters. The Bertz CT molecular complexity index is 1250. The van der Waals surface area contributed by atoms with E-state index in [1.807, 2.05) is 0 Å². The summed E-state index contributed by atoms with van der Waals surface area (Å²) < 4.78 is 12.6. The first-order chi connectivity index (χ1) is 16.9. The summed E-state index contributed by atoms with van der Waals surface area (Å²) in [7, 11) is 1.53. The van der Waals surface area contributed by atoms with E-state index in [-0.39, 0.29) is 41.3 Å². The van der Waals surface area contributed by atoms with Gasteiger partial charge in [0.25, 0.3) is 11.8 Å². The number of anilines is 1. The lowest BCUT2D eigenvalue weighted by Gasteiger charge is -2.24. The molecule has 0 atom stereocenters. The zero-order chi connectivity index (χ0) is 24.9. The first kappa shape index (κ1) is 25.8. The number of rotatable bonds is 9. The summed E-state index contributed by atoms with van der Waals surface area (Å²) in [6.07, 6.45) is 1.57. The first-order valence-corrected chi connectivity index (χ1v) is 13.1. The fourth-order valence-corrected chi connectivity index (χ4v) is 4.82. The van der Waals surface area contributed by atoms with Crippen molar-refractivity contribution in [1.82, 2.24) is 20.1 Å². The quantitative estimate of drug-likeness (QED) is 0.349. The molecule has 35 heavy (non-hydrogen) atoms. The van der Waals surface area contributed by atoms with Crippen molar-refractivity contribution in [2.75, 3.05) is 37.1 Å². The van der Waals surface area contributed by atoms with Crippen LogP contribution >= 0.6 is 50.9 Å². The highest BCUT2D eigenvalue weighted by Gasteiger charge is 2.26. The van der Waals surface area contributed by atoms with Crippen molar-refractivity contribution < 1.29 is 19.1 Å². The molecule has 4 rings (SSSR count). The molecule has 2 aromatic heterocycles. The summed E-state index contributed by atoms with van der Waals surface area (Å²) in [4.78, 5) is 30.5. The lowest BCUT2D eigenvalue weighted by molar-refractivity contribution is 0.0938. The molecule has 1 saturated heterocycles. The summed E-state index contributed by atoms with van der Waals surface area (Å²) >= 11 is 17.7. The van der Waals surface area contributed by atoms with E-state index in [1.54, 1.807) is 36.2 Å². The summed E-state index contributed by atoms with van der Waals surface area (Å²) in [5.74, 6) is 1.26. The van der Waals surface area contributed by atoms with Gasteiger partial charge in [-0.3, -0.25) is 9.59 Å². The molecule has 2 N–H and O–H groups in total. The molecule has 3 heterocycles. The van der Waals surface area contributed by atoms with Crippen molar-refractivity contribution in [3.8, 4) is 11.7 Å². The molecule has 1 aliphatic heterocycles. The summed E-state index contributed by atoms with van der Waals surface area (Å²) in [6, 6.07) is 7.90. The molecule has 3 aromatic rings. The van der Waals surface area contributed by atoms with Crippen molar-refractivity contribution in [3.63, 3.8) is 0 Å². The lowest BCUT2D eigenvalue weighted by Crippen LogP contribution is -2.31. The third-order valence-corrected chi connectivity index (χ3v) is 7.24. The van der Waals surface area contributed by atoms with E-state index in [0.717, 1.165) is 11.5 Å². The molecule has 0 saturated carbocycles. The number of hydrogen-bond acceptors (Lipinski definition) is 7. The minimum absolute atomic E-state index is 0.0197. The van der Waals surface area contributed by atoms with Crippen LogP contribution in [0.4, 0.5) is 5.69 Å². The highest BCUT2D eigenvalue weighted by atomic mass is 79.9. The van der Waals surface area contributed by atoms with Crippen LogP contribution in [0.15, 0.2) is 41.0 Å². The SMILES string of the molecule is COCCNC(=O)c1cc(Cl)cc(Br)c1NC(=O)c1cc(OC2CSC2)nn1-c1ncccc1Cl. The van der Waals surface area contributed by atoms with E-state index in [4.69, 9.17) is 32.7 Å². The molecule has 1 aromatic carbocycles. The van der Waals surface area contributed by atoms with Gasteiger partial charge in [-0.05, 0) is 40.2 Å². The summed E-state index contributed by atoms with van der Waals surface area (Å²) in [5.41, 5.74) is 0.547. The molecule has 9 nitrogen and oxygen atoms in total. The number of carbonyl (C=O) groups excluding carboxylic acids is 2. The van der Waals surface area contributed by atoms with E-state index in [2.05, 4.69) is 36.6 Å². The normalized spacial score (nSPS) is 13.3. The summed E-state index contributed by atoms with van der Waals surface area (Å²) in [6.45, 7) is 0.624. The largest absolute Gasteiger partial charge is 0.472 e. The minimum Gasteiger partial charge on any atom is -0.472 e. The molecule has 2 amide bonds. The van der Waals surface area contributed by atoms with Crippen LogP contribution in [0.25, 0.3) is 5.82 Å². The number of nitrogens with zero attached hydrogens (tertiary/aromatic N) is 3. The Labute approximate surface area is 224 Å². The van der Waals surface area contributed by atoms with Crippen molar-refractivity contribution in [3.05, 3.63) is 62.3 Å². The van der Waals surface area contributed by atoms with E-state index >= 15 is 0 Å². The highest BCUT2D eigenvalue weighted by Crippen LogP contribution is 2.32. The molecule has 1 aliphatic rings. The van der Waals surface area contributed by atoms with Crippen molar-refractivity contribution in [2.24, 2.45) is 0 Å². The van der Waals surface area contributed by atoms with E-state index < -0.39 is 11.8 Å². The Hall–Kier alpha value is -2.31. The number of carbonyl (C=O) groups is 2. The Balaban J connectivity index is 1.68. The molecular formula is C22H20BrCl2N5O4S. The zero-order valence-corrected chi connectivity index (χ0v) is 22.3. The van der Waals surface area contributed by atoms with Crippen LogP contribution in [-0.2, 0) is 4.74 Å². The second-order valence-corrected chi connectivity index (χ2v) is 10.2. The number of aromatic nitrogens is 3. The molecule has 1 fully saturated rings. The first-order valence-electron chi connectivity index (χ1n) is 10.4. The van der Waals surface area contributed by atoms with Gasteiger partial charge in [-0.25, -0.2) is 9.67 Å². The molecule has 184 valence electrons. The minimum atomic E-state index is -0.550. The van der Waals surface area contributed by atoms with Crippen LogP contribution in [0, 0.1) is 0 Å². The number of halogens is 3. The van der Waals surface area contributed by atoms with Crippen molar-refractivity contribution >= 4 is 68.4 Å². The molecule has 13 heteroatoms. The summed E-state index contributed by atoms with van der Waals surface area (Å²) in [5, 5.41) is 10.6. The molecule has 0 bridgehead atoms. The van der Waals surface area contributed by atoms with Crippen LogP contribution in [0.2, 0.25) is 10.0 Å². The van der Waals surface area contributed by atoms with Gasteiger partial charge in [0.2, 0.25) is 5.88 Å². The third-order valence-electron chi connectivity index (χ3n) is 4.88. The average Bonchev–Trinajstić information content (AvgIpc) is 3.22. The molecule has 0 aliphatic carbocycles. The smallest absolute Gasteiger partial charge is 0.274 e. The van der Waals surface area contributed by atoms with Crippen LogP contribution in [0.1, 0.15) is 20.8 Å². The van der Waals surface area contributed by atoms with Crippen LogP contribution in [0.5, 0.6) is 5.88 Å². The van der Waals surface area contributed by atoms with Gasteiger partial charge < -0.3 is 20.1 Å². The van der Waals surface area contributed by atoms with Crippen LogP contribution in [-0.4, -0.2) is 64.4 Å². The molecule has 0 radical (unpaired) electrons. The lowest BCUT2D eigenvalue weighted by atomic mass is 10.1. The van der Waals surface area contributed by atoms with E-state index in [1.165, 1.54) is 23.9 Å². The van der Waals surface area contributed by atoms with E-state index in [0.29, 0.717) is 21.1 Å². The number of benzene rings is 1. The number of amides is 2. The second kappa shape index (κ2) is 11.6. The predicted octanol–water partition coefficient (Wildman–Crippen LogP) is 4.46. The predicted molar refractivity (Wildman–Crippen MR) is 139 cm³/mol. The van der Waals surface area contributed by atoms with Gasteiger partial charge in [0.15, 0.2) is 5.82 Å². The average molecular weight is 601 g/mol. The third kappa shape index (κ3) is 6.10. The van der Waals surface area contributed by atoms with Gasteiger partial charge in [0, 0.05) is 46.9 Å². The van der Waals surface area contributed by atoms with Crippen LogP contribution < -0.4 is 15.4 Å². The Morgan fingerprint density at radius 2 is 2.06 bits per heavy atom. The zero-order valence-electron chi connectivity index (χ0n) is 18.4. The number of pyridine rings is 1. The van der Waals surface area contributed by atoms with E-state index in [9.17, 15) is 9.59 Å². The number of nitrogens with one attached hydrogen (secondary N) is 2. The number of thioether (sulfide) groups is 1. The maximum absolute atomic E-state index is 13.5. The Morgan fingerprint density at radius 1 is 1.26 bits per heavy atom. The number of ether oxygens (including phenoxy) is 2.